The lowest BCUT2D eigenvalue weighted by Gasteiger charge is -2.08. The number of aromatic nitrogens is 2. The van der Waals surface area contributed by atoms with Gasteiger partial charge in [-0.15, -0.1) is 0 Å². The highest BCUT2D eigenvalue weighted by Gasteiger charge is 2.16. The number of carbonyl (C=O) groups is 1. The van der Waals surface area contributed by atoms with Gasteiger partial charge in [-0.1, -0.05) is 23.7 Å². The van der Waals surface area contributed by atoms with Crippen molar-refractivity contribution in [2.75, 3.05) is 6.54 Å². The molecule has 1 unspecified atom stereocenters. The Hall–Kier alpha value is -1.85. The molecule has 0 spiro atoms. The normalized spacial score (nSPS) is 12.2. The van der Waals surface area contributed by atoms with Crippen molar-refractivity contribution in [3.63, 3.8) is 0 Å². The summed E-state index contributed by atoms with van der Waals surface area (Å²) >= 11 is 6.15. The summed E-state index contributed by atoms with van der Waals surface area (Å²) < 4.78 is 1.64. The third kappa shape index (κ3) is 3.62. The third-order valence-electron chi connectivity index (χ3n) is 3.18. The molecule has 1 aromatic heterocycles. The number of rotatable bonds is 5. The van der Waals surface area contributed by atoms with Crippen molar-refractivity contribution in [3.05, 3.63) is 46.7 Å². The minimum absolute atomic E-state index is 0.202. The van der Waals surface area contributed by atoms with Gasteiger partial charge in [0.2, 0.25) is 0 Å². The Morgan fingerprint density at radius 1 is 1.48 bits per heavy atom. The van der Waals surface area contributed by atoms with Crippen LogP contribution in [0.25, 0.3) is 5.69 Å². The number of halogens is 1. The fourth-order valence-electron chi connectivity index (χ4n) is 1.99. The van der Waals surface area contributed by atoms with E-state index in [9.17, 15) is 9.90 Å². The Morgan fingerprint density at radius 3 is 2.86 bits per heavy atom. The van der Waals surface area contributed by atoms with Crippen LogP contribution in [-0.4, -0.2) is 33.4 Å². The average Bonchev–Trinajstić information content (AvgIpc) is 2.80. The summed E-state index contributed by atoms with van der Waals surface area (Å²) in [5, 5.41) is 16.8. The largest absolute Gasteiger partial charge is 0.393 e. The molecule has 0 fully saturated rings. The van der Waals surface area contributed by atoms with Crippen molar-refractivity contribution in [1.82, 2.24) is 15.1 Å². The van der Waals surface area contributed by atoms with E-state index in [-0.39, 0.29) is 5.91 Å². The second kappa shape index (κ2) is 6.74. The van der Waals surface area contributed by atoms with Crippen molar-refractivity contribution in [1.29, 1.82) is 0 Å². The Labute approximate surface area is 128 Å². The number of benzene rings is 1. The summed E-state index contributed by atoms with van der Waals surface area (Å²) in [6.07, 6.45) is 1.61. The van der Waals surface area contributed by atoms with Crippen LogP contribution in [0, 0.1) is 6.92 Å². The molecule has 0 bridgehead atoms. The van der Waals surface area contributed by atoms with E-state index < -0.39 is 6.10 Å². The Kier molecular flexibility index (Phi) is 4.98. The fraction of sp³-hybridized carbons (Fsp3) is 0.333. The van der Waals surface area contributed by atoms with Crippen molar-refractivity contribution in [2.24, 2.45) is 0 Å². The van der Waals surface area contributed by atoms with Gasteiger partial charge in [0.1, 0.15) is 0 Å². The molecular formula is C15H18ClN3O2. The maximum atomic E-state index is 12.1. The second-order valence-electron chi connectivity index (χ2n) is 4.90. The molecule has 0 saturated carbocycles. The van der Waals surface area contributed by atoms with Crippen LogP contribution in [0.4, 0.5) is 0 Å². The molecule has 21 heavy (non-hydrogen) atoms. The molecule has 2 rings (SSSR count). The van der Waals surface area contributed by atoms with Gasteiger partial charge in [0.05, 0.1) is 34.3 Å². The summed E-state index contributed by atoms with van der Waals surface area (Å²) in [5.74, 6) is -0.202. The smallest absolute Gasteiger partial charge is 0.254 e. The summed E-state index contributed by atoms with van der Waals surface area (Å²) in [6, 6.07) is 7.33. The number of carbonyl (C=O) groups excluding carboxylic acids is 1. The van der Waals surface area contributed by atoms with Gasteiger partial charge >= 0.3 is 0 Å². The van der Waals surface area contributed by atoms with Crippen LogP contribution >= 0.6 is 11.6 Å². The predicted octanol–water partition coefficient (Wildman–Crippen LogP) is 2.33. The minimum Gasteiger partial charge on any atom is -0.393 e. The van der Waals surface area contributed by atoms with Crippen molar-refractivity contribution in [3.8, 4) is 5.69 Å². The van der Waals surface area contributed by atoms with Crippen LogP contribution in [0.5, 0.6) is 0 Å². The van der Waals surface area contributed by atoms with Gasteiger partial charge in [0.15, 0.2) is 0 Å². The number of aliphatic hydroxyl groups excluding tert-OH is 1. The van der Waals surface area contributed by atoms with Crippen LogP contribution < -0.4 is 5.32 Å². The molecule has 6 heteroatoms. The lowest BCUT2D eigenvalue weighted by Crippen LogP contribution is -2.26. The molecule has 0 aliphatic heterocycles. The molecule has 2 N–H and O–H groups in total. The summed E-state index contributed by atoms with van der Waals surface area (Å²) in [6.45, 7) is 3.93. The van der Waals surface area contributed by atoms with Crippen LogP contribution in [0.15, 0.2) is 30.5 Å². The lowest BCUT2D eigenvalue weighted by molar-refractivity contribution is 0.0945. The van der Waals surface area contributed by atoms with Gasteiger partial charge in [0.25, 0.3) is 5.91 Å². The summed E-state index contributed by atoms with van der Waals surface area (Å²) in [5.41, 5.74) is 1.96. The zero-order valence-corrected chi connectivity index (χ0v) is 12.8. The average molecular weight is 308 g/mol. The molecule has 0 saturated heterocycles. The molecule has 1 aromatic carbocycles. The van der Waals surface area contributed by atoms with E-state index in [4.69, 9.17) is 11.6 Å². The number of hydrogen-bond acceptors (Lipinski definition) is 3. The molecular weight excluding hydrogens is 290 g/mol. The number of hydrogen-bond donors (Lipinski definition) is 2. The van der Waals surface area contributed by atoms with E-state index in [2.05, 4.69) is 10.4 Å². The van der Waals surface area contributed by atoms with Crippen LogP contribution in [0.1, 0.15) is 29.4 Å². The molecule has 1 atom stereocenters. The highest BCUT2D eigenvalue weighted by molar-refractivity contribution is 6.32. The van der Waals surface area contributed by atoms with Gasteiger partial charge in [-0.3, -0.25) is 4.79 Å². The topological polar surface area (TPSA) is 67.2 Å². The molecule has 112 valence electrons. The number of amides is 1. The van der Waals surface area contributed by atoms with Gasteiger partial charge in [-0.2, -0.15) is 5.10 Å². The zero-order valence-electron chi connectivity index (χ0n) is 12.0. The SMILES string of the molecule is Cc1c(C(=O)NCCC(C)O)cnn1-c1ccccc1Cl. The first-order valence-electron chi connectivity index (χ1n) is 6.76. The second-order valence-corrected chi connectivity index (χ2v) is 5.31. The molecule has 2 aromatic rings. The number of nitrogens with one attached hydrogen (secondary N) is 1. The number of aliphatic hydroxyl groups is 1. The van der Waals surface area contributed by atoms with Crippen LogP contribution in [0.3, 0.4) is 0 Å². The van der Waals surface area contributed by atoms with Gasteiger partial charge < -0.3 is 10.4 Å². The van der Waals surface area contributed by atoms with E-state index in [1.807, 2.05) is 25.1 Å². The van der Waals surface area contributed by atoms with Gasteiger partial charge in [0, 0.05) is 6.54 Å². The van der Waals surface area contributed by atoms with Crippen molar-refractivity contribution in [2.45, 2.75) is 26.4 Å². The first-order valence-corrected chi connectivity index (χ1v) is 7.14. The Bertz CT molecular complexity index is 638. The molecule has 0 aliphatic carbocycles. The van der Waals surface area contributed by atoms with Crippen LogP contribution in [-0.2, 0) is 0 Å². The summed E-state index contributed by atoms with van der Waals surface area (Å²) in [7, 11) is 0. The number of nitrogens with zero attached hydrogens (tertiary/aromatic N) is 2. The van der Waals surface area contributed by atoms with E-state index in [1.165, 1.54) is 6.20 Å². The van der Waals surface area contributed by atoms with E-state index in [0.29, 0.717) is 23.6 Å². The minimum atomic E-state index is -0.433. The molecule has 0 aliphatic rings. The number of para-hydroxylation sites is 1. The lowest BCUT2D eigenvalue weighted by atomic mass is 10.2. The third-order valence-corrected chi connectivity index (χ3v) is 3.50. The maximum absolute atomic E-state index is 12.1. The highest BCUT2D eigenvalue weighted by Crippen LogP contribution is 2.21. The first kappa shape index (κ1) is 15.5. The van der Waals surface area contributed by atoms with E-state index in [1.54, 1.807) is 17.7 Å². The highest BCUT2D eigenvalue weighted by atomic mass is 35.5. The molecule has 0 radical (unpaired) electrons. The van der Waals surface area contributed by atoms with Crippen molar-refractivity contribution < 1.29 is 9.90 Å². The summed E-state index contributed by atoms with van der Waals surface area (Å²) in [4.78, 5) is 12.1. The first-order chi connectivity index (χ1) is 10.0. The van der Waals surface area contributed by atoms with E-state index >= 15 is 0 Å². The zero-order chi connectivity index (χ0) is 15.4. The molecule has 1 heterocycles. The molecule has 1 amide bonds. The molecule has 5 nitrogen and oxygen atoms in total. The van der Waals surface area contributed by atoms with E-state index in [0.717, 1.165) is 11.4 Å². The standard InChI is InChI=1S/C15H18ClN3O2/c1-10(20)7-8-17-15(21)12-9-18-19(11(12)2)14-6-4-3-5-13(14)16/h3-6,9-10,20H,7-8H2,1-2H3,(H,17,21). The maximum Gasteiger partial charge on any atom is 0.254 e. The fourth-order valence-corrected chi connectivity index (χ4v) is 2.20. The van der Waals surface area contributed by atoms with Gasteiger partial charge in [-0.25, -0.2) is 4.68 Å². The Balaban J connectivity index is 2.17. The quantitative estimate of drug-likeness (QED) is 0.891. The Morgan fingerprint density at radius 2 is 2.19 bits per heavy atom. The van der Waals surface area contributed by atoms with Crippen molar-refractivity contribution >= 4 is 17.5 Å². The van der Waals surface area contributed by atoms with Crippen LogP contribution in [0.2, 0.25) is 5.02 Å². The monoisotopic (exact) mass is 307 g/mol. The van der Waals surface area contributed by atoms with Gasteiger partial charge in [-0.05, 0) is 32.4 Å². The predicted molar refractivity (Wildman–Crippen MR) is 81.9 cm³/mol.